The van der Waals surface area contributed by atoms with Crippen molar-refractivity contribution >= 4 is 23.2 Å². The molecule has 0 aliphatic rings. The van der Waals surface area contributed by atoms with Crippen LogP contribution in [0, 0.1) is 6.92 Å². The van der Waals surface area contributed by atoms with Crippen LogP contribution in [0.4, 0.5) is 5.69 Å². The second-order valence-corrected chi connectivity index (χ2v) is 7.01. The average Bonchev–Trinajstić information content (AvgIpc) is 3.26. The highest BCUT2D eigenvalue weighted by Crippen LogP contribution is 2.31. The van der Waals surface area contributed by atoms with Crippen molar-refractivity contribution in [2.45, 2.75) is 6.92 Å². The molecule has 4 aromatic rings. The zero-order valence-corrected chi connectivity index (χ0v) is 16.9. The summed E-state index contributed by atoms with van der Waals surface area (Å²) in [6.45, 7) is 1.71. The Balaban J connectivity index is 1.48. The minimum Gasteiger partial charge on any atom is -0.483 e. The first-order chi connectivity index (χ1) is 14.6. The molecular weight excluding hydrogens is 402 g/mol. The van der Waals surface area contributed by atoms with E-state index < -0.39 is 0 Å². The van der Waals surface area contributed by atoms with Gasteiger partial charge in [-0.05, 0) is 48.9 Å². The number of carbonyl (C=O) groups is 1. The minimum absolute atomic E-state index is 0.178. The van der Waals surface area contributed by atoms with E-state index in [-0.39, 0.29) is 12.5 Å². The summed E-state index contributed by atoms with van der Waals surface area (Å²) in [5.74, 6) is 0.898. The largest absolute Gasteiger partial charge is 0.483 e. The first-order valence-electron chi connectivity index (χ1n) is 9.27. The molecular formula is C23H18ClN3O3. The number of nitrogens with zero attached hydrogens (tertiary/aromatic N) is 2. The van der Waals surface area contributed by atoms with E-state index in [1.807, 2.05) is 55.5 Å². The molecule has 0 atom stereocenters. The summed E-state index contributed by atoms with van der Waals surface area (Å²) in [5.41, 5.74) is 2.99. The summed E-state index contributed by atoms with van der Waals surface area (Å²) in [5, 5.41) is 11.6. The number of rotatable bonds is 6. The Hall–Kier alpha value is -3.64. The van der Waals surface area contributed by atoms with Crippen molar-refractivity contribution in [1.82, 2.24) is 10.2 Å². The van der Waals surface area contributed by atoms with Crippen molar-refractivity contribution in [3.63, 3.8) is 0 Å². The van der Waals surface area contributed by atoms with Gasteiger partial charge in [0.1, 0.15) is 5.75 Å². The third-order valence-electron chi connectivity index (χ3n) is 4.40. The van der Waals surface area contributed by atoms with E-state index in [0.29, 0.717) is 33.8 Å². The number of nitrogens with one attached hydrogen (secondary N) is 1. The van der Waals surface area contributed by atoms with Crippen molar-refractivity contribution in [3.8, 4) is 28.7 Å². The topological polar surface area (TPSA) is 77.2 Å². The highest BCUT2D eigenvalue weighted by molar-refractivity contribution is 6.31. The summed E-state index contributed by atoms with van der Waals surface area (Å²) in [7, 11) is 0. The molecule has 0 fully saturated rings. The zero-order chi connectivity index (χ0) is 20.9. The van der Waals surface area contributed by atoms with Crippen LogP contribution in [0.1, 0.15) is 5.56 Å². The number of ether oxygens (including phenoxy) is 1. The summed E-state index contributed by atoms with van der Waals surface area (Å²) >= 11 is 6.00. The van der Waals surface area contributed by atoms with Crippen LogP contribution in [-0.4, -0.2) is 22.7 Å². The molecule has 7 heteroatoms. The molecule has 1 heterocycles. The van der Waals surface area contributed by atoms with Crippen molar-refractivity contribution < 1.29 is 13.9 Å². The lowest BCUT2D eigenvalue weighted by Crippen LogP contribution is -2.20. The third-order valence-corrected chi connectivity index (χ3v) is 4.63. The summed E-state index contributed by atoms with van der Waals surface area (Å²) in [6, 6.07) is 22.0. The van der Waals surface area contributed by atoms with E-state index in [2.05, 4.69) is 15.5 Å². The zero-order valence-electron chi connectivity index (χ0n) is 16.1. The molecule has 0 bridgehead atoms. The predicted molar refractivity (Wildman–Crippen MR) is 115 cm³/mol. The summed E-state index contributed by atoms with van der Waals surface area (Å²) in [6.07, 6.45) is 0. The predicted octanol–water partition coefficient (Wildman–Crippen LogP) is 5.38. The molecule has 1 N–H and O–H groups in total. The molecule has 0 aliphatic carbocycles. The molecule has 0 radical (unpaired) electrons. The molecule has 30 heavy (non-hydrogen) atoms. The number of hydrogen-bond acceptors (Lipinski definition) is 5. The SMILES string of the molecule is Cc1ccc(Cl)cc1NC(=O)COc1ccccc1-c1nnc(-c2ccccc2)o1. The summed E-state index contributed by atoms with van der Waals surface area (Å²) < 4.78 is 11.5. The van der Waals surface area contributed by atoms with Gasteiger partial charge in [-0.1, -0.05) is 48.0 Å². The molecule has 0 unspecified atom stereocenters. The highest BCUT2D eigenvalue weighted by atomic mass is 35.5. The first-order valence-corrected chi connectivity index (χ1v) is 9.65. The van der Waals surface area contributed by atoms with Gasteiger partial charge in [0.2, 0.25) is 5.89 Å². The lowest BCUT2D eigenvalue weighted by molar-refractivity contribution is -0.118. The Kier molecular flexibility index (Phi) is 5.77. The standard InChI is InChI=1S/C23H18ClN3O3/c1-15-11-12-17(24)13-19(15)25-21(28)14-29-20-10-6-5-9-18(20)23-27-26-22(30-23)16-7-3-2-4-8-16/h2-13H,14H2,1H3,(H,25,28). The van der Waals surface area contributed by atoms with Gasteiger partial charge in [-0.3, -0.25) is 4.79 Å². The molecule has 1 aromatic heterocycles. The van der Waals surface area contributed by atoms with E-state index in [4.69, 9.17) is 20.8 Å². The van der Waals surface area contributed by atoms with Crippen LogP contribution in [0.25, 0.3) is 22.9 Å². The Bertz CT molecular complexity index is 1180. The molecule has 0 saturated heterocycles. The number of hydrogen-bond donors (Lipinski definition) is 1. The van der Waals surface area contributed by atoms with E-state index in [1.54, 1.807) is 24.3 Å². The van der Waals surface area contributed by atoms with Crippen LogP contribution in [0.15, 0.2) is 77.2 Å². The molecule has 150 valence electrons. The van der Waals surface area contributed by atoms with Crippen LogP contribution in [0.5, 0.6) is 5.75 Å². The Morgan fingerprint density at radius 3 is 2.57 bits per heavy atom. The third kappa shape index (κ3) is 4.50. The number of para-hydroxylation sites is 1. The minimum atomic E-state index is -0.300. The maximum atomic E-state index is 12.4. The maximum absolute atomic E-state index is 12.4. The molecule has 3 aromatic carbocycles. The van der Waals surface area contributed by atoms with E-state index in [1.165, 1.54) is 0 Å². The number of amides is 1. The van der Waals surface area contributed by atoms with E-state index in [0.717, 1.165) is 11.1 Å². The van der Waals surface area contributed by atoms with Crippen molar-refractivity contribution in [2.24, 2.45) is 0 Å². The van der Waals surface area contributed by atoms with Gasteiger partial charge in [-0.15, -0.1) is 10.2 Å². The molecule has 1 amide bonds. The van der Waals surface area contributed by atoms with Gasteiger partial charge >= 0.3 is 0 Å². The van der Waals surface area contributed by atoms with Crippen LogP contribution >= 0.6 is 11.6 Å². The fraction of sp³-hybridized carbons (Fsp3) is 0.0870. The van der Waals surface area contributed by atoms with Gasteiger partial charge in [0.05, 0.1) is 5.56 Å². The van der Waals surface area contributed by atoms with Crippen molar-refractivity contribution in [2.75, 3.05) is 11.9 Å². The van der Waals surface area contributed by atoms with Crippen molar-refractivity contribution in [3.05, 3.63) is 83.4 Å². The van der Waals surface area contributed by atoms with Gasteiger partial charge in [0.15, 0.2) is 6.61 Å². The lowest BCUT2D eigenvalue weighted by atomic mass is 10.2. The molecule has 0 aliphatic heterocycles. The first kappa shape index (κ1) is 19.7. The maximum Gasteiger partial charge on any atom is 0.262 e. The van der Waals surface area contributed by atoms with Crippen LogP contribution in [-0.2, 0) is 4.79 Å². The van der Waals surface area contributed by atoms with Crippen LogP contribution in [0.3, 0.4) is 0 Å². The second-order valence-electron chi connectivity index (χ2n) is 6.57. The fourth-order valence-corrected chi connectivity index (χ4v) is 3.03. The molecule has 4 rings (SSSR count). The summed E-state index contributed by atoms with van der Waals surface area (Å²) in [4.78, 5) is 12.4. The monoisotopic (exact) mass is 419 g/mol. The van der Waals surface area contributed by atoms with Gasteiger partial charge in [0, 0.05) is 16.3 Å². The van der Waals surface area contributed by atoms with Crippen LogP contribution in [0.2, 0.25) is 5.02 Å². The van der Waals surface area contributed by atoms with E-state index >= 15 is 0 Å². The Morgan fingerprint density at radius 2 is 1.73 bits per heavy atom. The second kappa shape index (κ2) is 8.80. The van der Waals surface area contributed by atoms with Gasteiger partial charge in [0.25, 0.3) is 11.8 Å². The number of benzene rings is 3. The quantitative estimate of drug-likeness (QED) is 0.453. The lowest BCUT2D eigenvalue weighted by Gasteiger charge is -2.11. The Morgan fingerprint density at radius 1 is 1.00 bits per heavy atom. The molecule has 0 saturated carbocycles. The van der Waals surface area contributed by atoms with Gasteiger partial charge in [-0.25, -0.2) is 0 Å². The fourth-order valence-electron chi connectivity index (χ4n) is 2.86. The van der Waals surface area contributed by atoms with E-state index in [9.17, 15) is 4.79 Å². The number of halogens is 1. The Labute approximate surface area is 178 Å². The molecule has 6 nitrogen and oxygen atoms in total. The number of anilines is 1. The molecule has 0 spiro atoms. The smallest absolute Gasteiger partial charge is 0.262 e. The normalized spacial score (nSPS) is 10.6. The number of aryl methyl sites for hydroxylation is 1. The van der Waals surface area contributed by atoms with Crippen LogP contribution < -0.4 is 10.1 Å². The number of aromatic nitrogens is 2. The number of carbonyl (C=O) groups excluding carboxylic acids is 1. The van der Waals surface area contributed by atoms with Gasteiger partial charge in [-0.2, -0.15) is 0 Å². The highest BCUT2D eigenvalue weighted by Gasteiger charge is 2.15. The average molecular weight is 420 g/mol. The van der Waals surface area contributed by atoms with Crippen molar-refractivity contribution in [1.29, 1.82) is 0 Å². The van der Waals surface area contributed by atoms with Gasteiger partial charge < -0.3 is 14.5 Å².